The Morgan fingerprint density at radius 3 is 2.00 bits per heavy atom. The van der Waals surface area contributed by atoms with Crippen molar-refractivity contribution in [2.75, 3.05) is 0 Å². The molecule has 0 aromatic carbocycles. The van der Waals surface area contributed by atoms with Crippen molar-refractivity contribution in [3.8, 4) is 0 Å². The first-order valence-corrected chi connectivity index (χ1v) is 41.6. The van der Waals surface area contributed by atoms with Crippen molar-refractivity contribution >= 4 is 30.4 Å². The van der Waals surface area contributed by atoms with Gasteiger partial charge in [-0.25, -0.2) is 0 Å². The quantitative estimate of drug-likeness (QED) is 0.346. The molecular formula is C14H30Cl2N2O2Ti6. The van der Waals surface area contributed by atoms with Crippen LogP contribution in [0, 0.1) is 0 Å². The zero-order valence-corrected chi connectivity index (χ0v) is 27.1. The van der Waals surface area contributed by atoms with Gasteiger partial charge in [-0.2, -0.15) is 0 Å². The molecule has 1 fully saturated rings. The molecule has 1 aliphatic rings. The topological polar surface area (TPSA) is 58.2 Å². The van der Waals surface area contributed by atoms with Crippen LogP contribution in [0.3, 0.4) is 0 Å². The summed E-state index contributed by atoms with van der Waals surface area (Å²) in [7, 11) is 8.87. The van der Waals surface area contributed by atoms with E-state index in [-0.39, 0.29) is 37.3 Å². The molecule has 0 bridgehead atoms. The van der Waals surface area contributed by atoms with Gasteiger partial charge in [0.1, 0.15) is 0 Å². The molecule has 2 amide bonds. The summed E-state index contributed by atoms with van der Waals surface area (Å²) in [4.78, 5) is 24.4. The Labute approximate surface area is 186 Å². The van der Waals surface area contributed by atoms with Crippen molar-refractivity contribution in [2.45, 2.75) is 75.7 Å². The van der Waals surface area contributed by atoms with Gasteiger partial charge in [0, 0.05) is 0 Å². The first-order valence-electron chi connectivity index (χ1n) is 9.53. The van der Waals surface area contributed by atoms with E-state index in [0.29, 0.717) is 12.8 Å². The summed E-state index contributed by atoms with van der Waals surface area (Å²) >= 11 is -2.55. The van der Waals surface area contributed by atoms with Gasteiger partial charge < -0.3 is 0 Å². The average molecular weight is 617 g/mol. The van der Waals surface area contributed by atoms with Crippen molar-refractivity contribution in [1.29, 1.82) is 0 Å². The number of nitrogens with one attached hydrogen (secondary N) is 2. The zero-order valence-electron chi connectivity index (χ0n) is 16.2. The molecule has 1 aliphatic heterocycles. The number of carbonyl (C=O) groups excluding carboxylic acids is 2. The van der Waals surface area contributed by atoms with E-state index in [1.54, 1.807) is 0 Å². The summed E-state index contributed by atoms with van der Waals surface area (Å²) in [5, 5.41) is 0. The van der Waals surface area contributed by atoms with E-state index in [1.165, 1.54) is 35.1 Å². The third-order valence-electron chi connectivity index (χ3n) is 4.35. The van der Waals surface area contributed by atoms with Crippen LogP contribution in [0.1, 0.15) is 66.2 Å². The van der Waals surface area contributed by atoms with E-state index < -0.39 is 41.7 Å². The van der Waals surface area contributed by atoms with Gasteiger partial charge in [0.15, 0.2) is 0 Å². The van der Waals surface area contributed by atoms with Crippen molar-refractivity contribution in [3.63, 3.8) is 0 Å². The molecule has 4 nitrogen and oxygen atoms in total. The standard InChI is InChI=1S/2C4H9.2C3H7NO.2ClH.6Ti/c2*1-3-4-2;2*1-2-3(4)5;;;;;;;;/h2*1,3-4H2,2H3;2*2H2,1H3,(H2,4,5);2*1H;;;;;;/q;;;;;;;;;;+1;+3/p-4. The number of amides is 2. The van der Waals surface area contributed by atoms with Crippen molar-refractivity contribution in [3.05, 3.63) is 0 Å². The molecule has 0 aromatic heterocycles. The molecule has 0 atom stereocenters. The van der Waals surface area contributed by atoms with Crippen LogP contribution in [-0.4, -0.2) is 11.8 Å². The summed E-state index contributed by atoms with van der Waals surface area (Å²) in [5.74, 6) is 0.268. The predicted molar refractivity (Wildman–Crippen MR) is 88.0 cm³/mol. The molecule has 0 spiro atoms. The third kappa shape index (κ3) is 9.52. The van der Waals surface area contributed by atoms with Crippen LogP contribution in [-0.2, 0) is 76.7 Å². The minimum absolute atomic E-state index is 0.00487. The Kier molecular flexibility index (Phi) is 13.6. The second-order valence-corrected chi connectivity index (χ2v) is 105. The molecule has 2 N–H and O–H groups in total. The molecule has 1 saturated heterocycles. The number of unbranched alkanes of at least 4 members (excludes halogenated alkanes) is 2. The Bertz CT molecular complexity index is 504. The molecular weight excluding hydrogens is 586 g/mol. The van der Waals surface area contributed by atoms with Gasteiger partial charge in [-0.3, -0.25) is 0 Å². The Balaban J connectivity index is 3.20. The van der Waals surface area contributed by atoms with E-state index in [1.807, 2.05) is 13.8 Å². The molecule has 0 radical (unpaired) electrons. The van der Waals surface area contributed by atoms with Crippen molar-refractivity contribution < 1.29 is 76.7 Å². The summed E-state index contributed by atoms with van der Waals surface area (Å²) in [6.45, 7) is 8.36. The monoisotopic (exact) mass is 616 g/mol. The number of carbonyl (C=O) groups is 2. The summed E-state index contributed by atoms with van der Waals surface area (Å²) in [6.07, 6.45) is 6.11. The Hall–Kier alpha value is 3.81. The third-order valence-corrected chi connectivity index (χ3v) is 210. The Morgan fingerprint density at radius 1 is 1.00 bits per heavy atom. The molecule has 0 saturated carbocycles. The van der Waals surface area contributed by atoms with Crippen molar-refractivity contribution in [2.24, 2.45) is 0 Å². The molecule has 1 heterocycles. The molecule has 0 aromatic rings. The van der Waals surface area contributed by atoms with Crippen LogP contribution in [0.25, 0.3) is 0 Å². The fraction of sp³-hybridized carbons (Fsp3) is 0.857. The Morgan fingerprint density at radius 2 is 1.54 bits per heavy atom. The van der Waals surface area contributed by atoms with Gasteiger partial charge in [0.2, 0.25) is 0 Å². The van der Waals surface area contributed by atoms with E-state index in [0.717, 1.165) is 0 Å². The van der Waals surface area contributed by atoms with Gasteiger partial charge in [-0.15, -0.1) is 0 Å². The van der Waals surface area contributed by atoms with E-state index >= 15 is 0 Å². The molecule has 12 heteroatoms. The van der Waals surface area contributed by atoms with Crippen molar-refractivity contribution in [1.82, 2.24) is 7.60 Å². The van der Waals surface area contributed by atoms with Crippen LogP contribution >= 0.6 is 18.6 Å². The minimum atomic E-state index is -3.83. The fourth-order valence-electron chi connectivity index (χ4n) is 2.99. The predicted octanol–water partition coefficient (Wildman–Crippen LogP) is 4.83. The number of hydrogen-bond donors (Lipinski definition) is 2. The van der Waals surface area contributed by atoms with E-state index in [4.69, 9.17) is 18.6 Å². The number of halogens is 2. The molecule has 146 valence electrons. The van der Waals surface area contributed by atoms with E-state index in [9.17, 15) is 9.59 Å². The number of rotatable bonds is 10. The van der Waals surface area contributed by atoms with Gasteiger partial charge in [0.25, 0.3) is 0 Å². The molecule has 26 heavy (non-hydrogen) atoms. The summed E-state index contributed by atoms with van der Waals surface area (Å²) in [6, 6.07) is 0. The zero-order chi connectivity index (χ0) is 19.9. The average Bonchev–Trinajstić information content (AvgIpc) is 2.56. The van der Waals surface area contributed by atoms with Crippen LogP contribution in [0.15, 0.2) is 0 Å². The first-order chi connectivity index (χ1) is 12.1. The normalized spacial score (nSPS) is 21.2. The second kappa shape index (κ2) is 12.7. The summed E-state index contributed by atoms with van der Waals surface area (Å²) < 4.78 is 9.62. The second-order valence-electron chi connectivity index (χ2n) is 6.86. The van der Waals surface area contributed by atoms with Crippen LogP contribution in [0.4, 0.5) is 0 Å². The van der Waals surface area contributed by atoms with Crippen LogP contribution in [0.2, 0.25) is 9.45 Å². The first kappa shape index (κ1) is 27.8. The van der Waals surface area contributed by atoms with Crippen LogP contribution in [0.5, 0.6) is 0 Å². The van der Waals surface area contributed by atoms with E-state index in [2.05, 4.69) is 21.4 Å². The maximum absolute atomic E-state index is 12.3. The SMILES string of the molecule is CCC[CH2][Ti]1([CH2]CCC)[Ti][Ti]([NH]C(=O)CC)[Ti][Ti]([Cl])([Cl])([NH]C(=O)CC)[Ti]1. The van der Waals surface area contributed by atoms with Gasteiger partial charge in [-0.05, 0) is 0 Å². The fourth-order valence-corrected chi connectivity index (χ4v) is 487. The van der Waals surface area contributed by atoms with Gasteiger partial charge in [-0.1, -0.05) is 0 Å². The van der Waals surface area contributed by atoms with Gasteiger partial charge >= 0.3 is 190 Å². The molecule has 1 rings (SSSR count). The van der Waals surface area contributed by atoms with Crippen LogP contribution < -0.4 is 7.60 Å². The molecule has 0 aliphatic carbocycles. The maximum atomic E-state index is 12.3. The summed E-state index contributed by atoms with van der Waals surface area (Å²) in [5.41, 5.74) is 0. The molecule has 0 unspecified atom stereocenters. The van der Waals surface area contributed by atoms with Gasteiger partial charge in [0.05, 0.1) is 0 Å². The number of hydrogen-bond acceptors (Lipinski definition) is 2.